The van der Waals surface area contributed by atoms with E-state index in [1.165, 1.54) is 24.5 Å². The lowest BCUT2D eigenvalue weighted by atomic mass is 10.0. The van der Waals surface area contributed by atoms with Crippen LogP contribution in [-0.4, -0.2) is 39.5 Å². The second-order valence-electron chi connectivity index (χ2n) is 8.11. The molecule has 2 aromatic carbocycles. The van der Waals surface area contributed by atoms with Crippen LogP contribution < -0.4 is 10.1 Å². The van der Waals surface area contributed by atoms with Crippen molar-refractivity contribution in [3.05, 3.63) is 75.9 Å². The first-order valence-corrected chi connectivity index (χ1v) is 13.9. The predicted octanol–water partition coefficient (Wildman–Crippen LogP) is 6.62. The third kappa shape index (κ3) is 6.57. The minimum absolute atomic E-state index is 0.0191. The Labute approximate surface area is 236 Å². The van der Waals surface area contributed by atoms with Crippen LogP contribution in [0.1, 0.15) is 36.1 Å². The molecule has 204 valence electrons. The molecule has 1 atom stereocenters. The van der Waals surface area contributed by atoms with E-state index >= 15 is 0 Å². The minimum atomic E-state index is -0.824. The van der Waals surface area contributed by atoms with E-state index in [1.807, 2.05) is 6.92 Å². The van der Waals surface area contributed by atoms with Gasteiger partial charge in [-0.25, -0.2) is 13.6 Å². The lowest BCUT2D eigenvalue weighted by Gasteiger charge is -2.16. The second kappa shape index (κ2) is 12.6. The van der Waals surface area contributed by atoms with E-state index < -0.39 is 23.7 Å². The maximum atomic E-state index is 14.0. The van der Waals surface area contributed by atoms with Gasteiger partial charge in [0.2, 0.25) is 5.91 Å². The Morgan fingerprint density at radius 3 is 2.59 bits per heavy atom. The van der Waals surface area contributed by atoms with Crippen molar-refractivity contribution in [2.75, 3.05) is 18.2 Å². The van der Waals surface area contributed by atoms with Gasteiger partial charge in [0.05, 0.1) is 12.9 Å². The van der Waals surface area contributed by atoms with Gasteiger partial charge in [0.1, 0.15) is 16.4 Å². The molecule has 0 spiro atoms. The summed E-state index contributed by atoms with van der Waals surface area (Å²) in [7, 11) is 1.28. The average molecular weight is 593 g/mol. The van der Waals surface area contributed by atoms with Crippen LogP contribution >= 0.6 is 34.7 Å². The molecule has 8 nitrogen and oxygen atoms in total. The van der Waals surface area contributed by atoms with Crippen LogP contribution in [0.4, 0.5) is 13.8 Å². The average Bonchev–Trinajstić information content (AvgIpc) is 3.53. The first-order chi connectivity index (χ1) is 18.7. The molecular formula is C26H23ClF2N4O4S2. The molecule has 0 bridgehead atoms. The lowest BCUT2D eigenvalue weighted by molar-refractivity contribution is -0.113. The number of nitrogens with zero attached hydrogens (tertiary/aromatic N) is 3. The van der Waals surface area contributed by atoms with Crippen LogP contribution in [-0.2, 0) is 16.1 Å². The Morgan fingerprint density at radius 2 is 1.92 bits per heavy atom. The Bertz CT molecular complexity index is 1490. The van der Waals surface area contributed by atoms with Crippen LogP contribution in [0.2, 0.25) is 5.02 Å². The number of hydrogen-bond acceptors (Lipinski definition) is 8. The normalized spacial score (nSPS) is 11.7. The van der Waals surface area contributed by atoms with E-state index in [4.69, 9.17) is 21.1 Å². The van der Waals surface area contributed by atoms with Crippen molar-refractivity contribution in [3.63, 3.8) is 0 Å². The molecule has 1 N–H and O–H groups in total. The molecule has 4 rings (SSSR count). The molecule has 4 aromatic rings. The van der Waals surface area contributed by atoms with E-state index in [9.17, 15) is 18.4 Å². The zero-order valence-corrected chi connectivity index (χ0v) is 23.4. The molecule has 2 heterocycles. The van der Waals surface area contributed by atoms with E-state index in [1.54, 1.807) is 41.1 Å². The molecule has 0 saturated carbocycles. The first kappa shape index (κ1) is 28.5. The zero-order valence-electron chi connectivity index (χ0n) is 21.0. The fourth-order valence-corrected chi connectivity index (χ4v) is 5.62. The number of methoxy groups -OCH3 is 1. The number of benzene rings is 2. The molecule has 1 unspecified atom stereocenters. The number of carbonyl (C=O) groups excluding carboxylic acids is 2. The highest BCUT2D eigenvalue weighted by atomic mass is 35.5. The summed E-state index contributed by atoms with van der Waals surface area (Å²) in [5.74, 6) is -2.18. The quantitative estimate of drug-likeness (QED) is 0.163. The number of thiophene rings is 1. The highest BCUT2D eigenvalue weighted by molar-refractivity contribution is 7.99. The number of ether oxygens (including phenoxy) is 2. The summed E-state index contributed by atoms with van der Waals surface area (Å²) in [6, 6.07) is 10.0. The summed E-state index contributed by atoms with van der Waals surface area (Å²) < 4.78 is 39.6. The van der Waals surface area contributed by atoms with Gasteiger partial charge in [-0.15, -0.1) is 21.5 Å². The Morgan fingerprint density at radius 1 is 1.18 bits per heavy atom. The second-order valence-corrected chi connectivity index (χ2v) is 10.4. The van der Waals surface area contributed by atoms with Crippen molar-refractivity contribution in [1.82, 2.24) is 14.8 Å². The molecule has 2 aromatic heterocycles. The van der Waals surface area contributed by atoms with Gasteiger partial charge in [-0.05, 0) is 43.7 Å². The summed E-state index contributed by atoms with van der Waals surface area (Å²) >= 11 is 8.34. The lowest BCUT2D eigenvalue weighted by Crippen LogP contribution is -2.17. The molecular weight excluding hydrogens is 570 g/mol. The SMILES string of the molecule is CCn1c(SCC(=O)Nc2scc(-c3ccc(Cl)cc3)c2C(=O)OC)nnc1C(C)Oc1ccc(F)cc1F. The first-order valence-electron chi connectivity index (χ1n) is 11.6. The molecule has 0 saturated heterocycles. The van der Waals surface area contributed by atoms with Crippen molar-refractivity contribution in [3.8, 4) is 16.9 Å². The minimum Gasteiger partial charge on any atom is -0.480 e. The molecule has 0 radical (unpaired) electrons. The number of hydrogen-bond donors (Lipinski definition) is 1. The molecule has 13 heteroatoms. The number of nitrogens with one attached hydrogen (secondary N) is 1. The largest absolute Gasteiger partial charge is 0.480 e. The Hall–Kier alpha value is -3.48. The van der Waals surface area contributed by atoms with Crippen LogP contribution in [0.25, 0.3) is 11.1 Å². The van der Waals surface area contributed by atoms with Gasteiger partial charge >= 0.3 is 5.97 Å². The highest BCUT2D eigenvalue weighted by Gasteiger charge is 2.24. The number of amides is 1. The van der Waals surface area contributed by atoms with Crippen molar-refractivity contribution in [2.45, 2.75) is 31.7 Å². The van der Waals surface area contributed by atoms with Crippen LogP contribution in [0.15, 0.2) is 53.0 Å². The van der Waals surface area contributed by atoms with Crippen LogP contribution in [0, 0.1) is 11.6 Å². The standard InChI is InChI=1S/C26H23ClF2N4O4S2/c1-4-33-23(14(2)37-20-10-9-17(28)11-19(20)29)31-32-26(33)39-13-21(34)30-24-22(25(35)36-3)18(12-38-24)15-5-7-16(27)8-6-15/h5-12,14H,4,13H2,1-3H3,(H,30,34). The van der Waals surface area contributed by atoms with Crippen molar-refractivity contribution in [2.24, 2.45) is 0 Å². The Kier molecular flexibility index (Phi) is 9.20. The number of thioether (sulfide) groups is 1. The van der Waals surface area contributed by atoms with Gasteiger partial charge in [-0.1, -0.05) is 35.5 Å². The summed E-state index contributed by atoms with van der Waals surface area (Å²) in [4.78, 5) is 25.4. The van der Waals surface area contributed by atoms with Gasteiger partial charge in [-0.2, -0.15) is 0 Å². The van der Waals surface area contributed by atoms with Crippen LogP contribution in [0.5, 0.6) is 5.75 Å². The van der Waals surface area contributed by atoms with Gasteiger partial charge in [0, 0.05) is 28.6 Å². The van der Waals surface area contributed by atoms with Crippen LogP contribution in [0.3, 0.4) is 0 Å². The summed E-state index contributed by atoms with van der Waals surface area (Å²) in [5, 5.41) is 14.2. The van der Waals surface area contributed by atoms with Gasteiger partial charge in [-0.3, -0.25) is 4.79 Å². The third-order valence-corrected chi connectivity index (χ3v) is 7.66. The monoisotopic (exact) mass is 592 g/mol. The molecule has 0 fully saturated rings. The number of carbonyl (C=O) groups is 2. The van der Waals surface area contributed by atoms with Gasteiger partial charge in [0.15, 0.2) is 28.7 Å². The fourth-order valence-electron chi connectivity index (χ4n) is 3.71. The predicted molar refractivity (Wildman–Crippen MR) is 147 cm³/mol. The summed E-state index contributed by atoms with van der Waals surface area (Å²) in [5.41, 5.74) is 1.63. The maximum Gasteiger partial charge on any atom is 0.341 e. The van der Waals surface area contributed by atoms with E-state index in [0.717, 1.165) is 29.5 Å². The number of halogens is 3. The summed E-state index contributed by atoms with van der Waals surface area (Å²) in [6.07, 6.45) is -0.694. The van der Waals surface area contributed by atoms with Gasteiger partial charge in [0.25, 0.3) is 0 Å². The smallest absolute Gasteiger partial charge is 0.341 e. The molecule has 1 amide bonds. The number of anilines is 1. The highest BCUT2D eigenvalue weighted by Crippen LogP contribution is 2.37. The number of esters is 1. The zero-order chi connectivity index (χ0) is 28.1. The van der Waals surface area contributed by atoms with Gasteiger partial charge < -0.3 is 19.4 Å². The third-order valence-electron chi connectivity index (χ3n) is 5.54. The maximum absolute atomic E-state index is 14.0. The molecule has 0 aliphatic heterocycles. The van der Waals surface area contributed by atoms with E-state index in [0.29, 0.717) is 33.1 Å². The van der Waals surface area contributed by atoms with E-state index in [-0.39, 0.29) is 23.0 Å². The summed E-state index contributed by atoms with van der Waals surface area (Å²) in [6.45, 7) is 4.01. The van der Waals surface area contributed by atoms with Crippen molar-refractivity contribution >= 4 is 51.6 Å². The fraction of sp³-hybridized carbons (Fsp3) is 0.231. The molecule has 39 heavy (non-hydrogen) atoms. The Balaban J connectivity index is 1.46. The number of aromatic nitrogens is 3. The molecule has 0 aliphatic carbocycles. The topological polar surface area (TPSA) is 95.3 Å². The van der Waals surface area contributed by atoms with E-state index in [2.05, 4.69) is 15.5 Å². The van der Waals surface area contributed by atoms with Crippen molar-refractivity contribution < 1.29 is 27.8 Å². The number of rotatable bonds is 10. The molecule has 0 aliphatic rings. The van der Waals surface area contributed by atoms with Crippen molar-refractivity contribution in [1.29, 1.82) is 0 Å².